The van der Waals surface area contributed by atoms with Crippen LogP contribution in [0.5, 0.6) is 0 Å². The van der Waals surface area contributed by atoms with Gasteiger partial charge in [0.2, 0.25) is 0 Å². The van der Waals surface area contributed by atoms with Crippen LogP contribution in [0.4, 0.5) is 4.79 Å². The van der Waals surface area contributed by atoms with Crippen LogP contribution in [0.2, 0.25) is 0 Å². The molecule has 0 saturated heterocycles. The molecule has 0 aliphatic heterocycles. The van der Waals surface area contributed by atoms with E-state index in [0.29, 0.717) is 11.1 Å². The first-order valence-electron chi connectivity index (χ1n) is 7.08. The molecule has 0 radical (unpaired) electrons. The van der Waals surface area contributed by atoms with Crippen LogP contribution in [0.1, 0.15) is 21.5 Å². The lowest BCUT2D eigenvalue weighted by atomic mass is 10.2. The summed E-state index contributed by atoms with van der Waals surface area (Å²) in [5.41, 5.74) is 3.76. The smallest absolute Gasteiger partial charge is 0.408 e. The first-order valence-corrected chi connectivity index (χ1v) is 7.08. The van der Waals surface area contributed by atoms with E-state index in [4.69, 9.17) is 10.6 Å². The number of ether oxygens (including phenoxy) is 1. The Morgan fingerprint density at radius 3 is 2.75 bits per heavy atom. The fourth-order valence-electron chi connectivity index (χ4n) is 1.75. The molecular formula is C17H16N4O3. The number of nitrogens with one attached hydrogen (secondary N) is 2. The summed E-state index contributed by atoms with van der Waals surface area (Å²) in [4.78, 5) is 26.8. The van der Waals surface area contributed by atoms with Gasteiger partial charge in [-0.25, -0.2) is 10.6 Å². The Labute approximate surface area is 139 Å². The van der Waals surface area contributed by atoms with E-state index in [0.717, 1.165) is 5.56 Å². The number of alkyl carbamates (subject to hydrolysis) is 1. The molecule has 0 bridgehead atoms. The Hall–Kier alpha value is -3.37. The number of hydrogen-bond acceptors (Lipinski definition) is 5. The molecule has 0 spiro atoms. The third kappa shape index (κ3) is 5.44. The minimum Gasteiger partial charge on any atom is -0.445 e. The van der Waals surface area contributed by atoms with Gasteiger partial charge in [-0.15, -0.1) is 0 Å². The average molecular weight is 324 g/mol. The van der Waals surface area contributed by atoms with Gasteiger partial charge in [-0.2, -0.15) is 0 Å². The summed E-state index contributed by atoms with van der Waals surface area (Å²) < 4.78 is 5.05. The normalized spacial score (nSPS) is 9.38. The van der Waals surface area contributed by atoms with E-state index < -0.39 is 12.0 Å². The Morgan fingerprint density at radius 1 is 1.21 bits per heavy atom. The lowest BCUT2D eigenvalue weighted by Crippen LogP contribution is -2.30. The van der Waals surface area contributed by atoms with Gasteiger partial charge in [0.05, 0.1) is 12.1 Å². The third-order valence-electron chi connectivity index (χ3n) is 2.90. The van der Waals surface area contributed by atoms with Crippen LogP contribution in [0, 0.1) is 11.8 Å². The maximum Gasteiger partial charge on any atom is 0.408 e. The number of hydrazine groups is 1. The molecule has 0 aliphatic carbocycles. The van der Waals surface area contributed by atoms with Crippen LogP contribution in [-0.4, -0.2) is 23.5 Å². The molecule has 2 amide bonds. The fourth-order valence-corrected chi connectivity index (χ4v) is 1.75. The van der Waals surface area contributed by atoms with Crippen molar-refractivity contribution in [3.8, 4) is 11.8 Å². The number of nitrogen functional groups attached to an aromatic ring is 1. The van der Waals surface area contributed by atoms with Gasteiger partial charge in [0.25, 0.3) is 5.91 Å². The summed E-state index contributed by atoms with van der Waals surface area (Å²) in [6.45, 7) is 0.307. The van der Waals surface area contributed by atoms with Crippen LogP contribution in [-0.2, 0) is 11.3 Å². The molecule has 24 heavy (non-hydrogen) atoms. The number of carbonyl (C=O) groups excluding carboxylic acids is 2. The van der Waals surface area contributed by atoms with Crippen molar-refractivity contribution in [1.82, 2.24) is 15.7 Å². The molecule has 7 heteroatoms. The second-order valence-corrected chi connectivity index (χ2v) is 4.65. The second kappa shape index (κ2) is 8.92. The number of aromatic nitrogens is 1. The van der Waals surface area contributed by atoms with Crippen LogP contribution in [0.25, 0.3) is 0 Å². The second-order valence-electron chi connectivity index (χ2n) is 4.65. The first-order chi connectivity index (χ1) is 11.7. The fraction of sp³-hybridized carbons (Fsp3) is 0.118. The molecule has 7 nitrogen and oxygen atoms in total. The van der Waals surface area contributed by atoms with Gasteiger partial charge in [-0.05, 0) is 11.6 Å². The summed E-state index contributed by atoms with van der Waals surface area (Å²) in [6, 6.07) is 10.9. The molecule has 1 aromatic carbocycles. The molecule has 122 valence electrons. The van der Waals surface area contributed by atoms with Crippen LogP contribution < -0.4 is 16.6 Å². The van der Waals surface area contributed by atoms with Crippen molar-refractivity contribution >= 4 is 12.0 Å². The van der Waals surface area contributed by atoms with Crippen molar-refractivity contribution in [2.24, 2.45) is 5.84 Å². The summed E-state index contributed by atoms with van der Waals surface area (Å²) in [5, 5.41) is 2.52. The van der Waals surface area contributed by atoms with Crippen LogP contribution in [0.15, 0.2) is 48.8 Å². The average Bonchev–Trinajstić information content (AvgIpc) is 2.64. The van der Waals surface area contributed by atoms with E-state index in [2.05, 4.69) is 22.1 Å². The standard InChI is InChI=1S/C17H16N4O3/c18-21-16(22)15-9-14(10-19-11-15)7-4-8-20-17(23)24-12-13-5-2-1-3-6-13/h1-3,5-6,9-11H,8,12,18H2,(H,20,23)(H,21,22). The molecule has 0 fully saturated rings. The molecule has 1 heterocycles. The van der Waals surface area contributed by atoms with E-state index in [1.165, 1.54) is 12.4 Å². The quantitative estimate of drug-likeness (QED) is 0.336. The van der Waals surface area contributed by atoms with Crippen molar-refractivity contribution in [2.75, 3.05) is 6.54 Å². The van der Waals surface area contributed by atoms with Crippen molar-refractivity contribution in [2.45, 2.75) is 6.61 Å². The zero-order valence-electron chi connectivity index (χ0n) is 12.8. The van der Waals surface area contributed by atoms with Gasteiger partial charge >= 0.3 is 6.09 Å². The zero-order valence-corrected chi connectivity index (χ0v) is 12.8. The van der Waals surface area contributed by atoms with Gasteiger partial charge in [0, 0.05) is 18.0 Å². The number of nitrogens with zero attached hydrogens (tertiary/aromatic N) is 1. The van der Waals surface area contributed by atoms with Crippen LogP contribution in [0.3, 0.4) is 0 Å². The van der Waals surface area contributed by atoms with Gasteiger partial charge in [0.1, 0.15) is 6.61 Å². The topological polar surface area (TPSA) is 106 Å². The number of carbonyl (C=O) groups is 2. The third-order valence-corrected chi connectivity index (χ3v) is 2.90. The lowest BCUT2D eigenvalue weighted by Gasteiger charge is -2.04. The number of nitrogens with two attached hydrogens (primary N) is 1. The number of amides is 2. The van der Waals surface area contributed by atoms with Gasteiger partial charge in [-0.1, -0.05) is 42.2 Å². The Bertz CT molecular complexity index is 766. The van der Waals surface area contributed by atoms with Crippen molar-refractivity contribution < 1.29 is 14.3 Å². The van der Waals surface area contributed by atoms with Crippen molar-refractivity contribution in [1.29, 1.82) is 0 Å². The minimum atomic E-state index is -0.553. The van der Waals surface area contributed by atoms with E-state index in [1.807, 2.05) is 35.8 Å². The summed E-state index contributed by atoms with van der Waals surface area (Å²) in [7, 11) is 0. The first kappa shape index (κ1) is 17.0. The van der Waals surface area contributed by atoms with Crippen LogP contribution >= 0.6 is 0 Å². The minimum absolute atomic E-state index is 0.112. The highest BCUT2D eigenvalue weighted by atomic mass is 16.5. The largest absolute Gasteiger partial charge is 0.445 e. The lowest BCUT2D eigenvalue weighted by molar-refractivity contribution is 0.0953. The predicted molar refractivity (Wildman–Crippen MR) is 87.4 cm³/mol. The molecule has 0 atom stereocenters. The zero-order chi connectivity index (χ0) is 17.2. The Morgan fingerprint density at radius 2 is 2.00 bits per heavy atom. The number of benzene rings is 1. The highest BCUT2D eigenvalue weighted by molar-refractivity contribution is 5.93. The van der Waals surface area contributed by atoms with E-state index in [9.17, 15) is 9.59 Å². The highest BCUT2D eigenvalue weighted by Gasteiger charge is 2.03. The Kier molecular flexibility index (Phi) is 6.32. The molecule has 2 rings (SSSR count). The number of hydrogen-bond donors (Lipinski definition) is 3. The highest BCUT2D eigenvalue weighted by Crippen LogP contribution is 2.01. The predicted octanol–water partition coefficient (Wildman–Crippen LogP) is 0.963. The van der Waals surface area contributed by atoms with E-state index in [1.54, 1.807) is 6.07 Å². The van der Waals surface area contributed by atoms with Crippen molar-refractivity contribution in [3.63, 3.8) is 0 Å². The molecular weight excluding hydrogens is 308 g/mol. The van der Waals surface area contributed by atoms with Gasteiger partial charge in [-0.3, -0.25) is 15.2 Å². The summed E-state index contributed by atoms with van der Waals surface area (Å²) in [5.74, 6) is 10.1. The monoisotopic (exact) mass is 324 g/mol. The maximum atomic E-state index is 11.5. The van der Waals surface area contributed by atoms with E-state index >= 15 is 0 Å². The SMILES string of the molecule is NNC(=O)c1cncc(C#CCNC(=O)OCc2ccccc2)c1. The Balaban J connectivity index is 1.79. The molecule has 1 aromatic heterocycles. The molecule has 4 N–H and O–H groups in total. The van der Waals surface area contributed by atoms with E-state index in [-0.39, 0.29) is 13.2 Å². The molecule has 0 aliphatic rings. The van der Waals surface area contributed by atoms with Crippen molar-refractivity contribution in [3.05, 3.63) is 65.5 Å². The molecule has 0 unspecified atom stereocenters. The summed E-state index contributed by atoms with van der Waals surface area (Å²) in [6.07, 6.45) is 2.34. The molecule has 2 aromatic rings. The summed E-state index contributed by atoms with van der Waals surface area (Å²) >= 11 is 0. The number of pyridine rings is 1. The van der Waals surface area contributed by atoms with Gasteiger partial charge < -0.3 is 10.1 Å². The number of rotatable bonds is 4. The molecule has 0 saturated carbocycles. The van der Waals surface area contributed by atoms with Gasteiger partial charge in [0.15, 0.2) is 0 Å². The maximum absolute atomic E-state index is 11.5.